The van der Waals surface area contributed by atoms with E-state index in [-0.39, 0.29) is 17.9 Å². The topological polar surface area (TPSA) is 88.4 Å². The van der Waals surface area contributed by atoms with E-state index in [1.807, 2.05) is 6.92 Å². The second-order valence-corrected chi connectivity index (χ2v) is 6.67. The largest absolute Gasteiger partial charge is 0.344 e. The van der Waals surface area contributed by atoms with Gasteiger partial charge < -0.3 is 10.6 Å². The number of nitrogens with one attached hydrogen (secondary N) is 2. The average molecular weight is 378 g/mol. The Balaban J connectivity index is 1.80. The summed E-state index contributed by atoms with van der Waals surface area (Å²) >= 11 is 7.40. The molecule has 2 aromatic heterocycles. The van der Waals surface area contributed by atoms with Crippen LogP contribution in [0, 0.1) is 0 Å². The molecule has 3 rings (SSSR count). The molecule has 2 amide bonds. The van der Waals surface area contributed by atoms with E-state index in [4.69, 9.17) is 11.6 Å². The van der Waals surface area contributed by atoms with Gasteiger partial charge in [0.15, 0.2) is 0 Å². The number of hydrogen-bond donors (Lipinski definition) is 2. The second-order valence-electron chi connectivity index (χ2n) is 5.42. The summed E-state index contributed by atoms with van der Waals surface area (Å²) in [6.45, 7) is 3.57. The van der Waals surface area contributed by atoms with Gasteiger partial charge in [0.2, 0.25) is 10.9 Å². The average Bonchev–Trinajstić information content (AvgIpc) is 3.16. The number of halogens is 1. The zero-order valence-corrected chi connectivity index (χ0v) is 15.2. The molecule has 0 aliphatic carbocycles. The van der Waals surface area contributed by atoms with Crippen LogP contribution >= 0.6 is 22.9 Å². The molecule has 0 saturated heterocycles. The lowest BCUT2D eigenvalue weighted by atomic mass is 10.1. The Kier molecular flexibility index (Phi) is 5.00. The molecule has 0 fully saturated rings. The van der Waals surface area contributed by atoms with E-state index in [0.717, 1.165) is 4.96 Å². The van der Waals surface area contributed by atoms with E-state index < -0.39 is 0 Å². The first kappa shape index (κ1) is 17.4. The number of rotatable bonds is 5. The predicted octanol–water partition coefficient (Wildman–Crippen LogP) is 3.28. The van der Waals surface area contributed by atoms with E-state index >= 15 is 0 Å². The third-order valence-corrected chi connectivity index (χ3v) is 4.54. The van der Waals surface area contributed by atoms with Gasteiger partial charge in [-0.15, -0.1) is 0 Å². The lowest BCUT2D eigenvalue weighted by Crippen LogP contribution is -2.28. The number of anilines is 1. The van der Waals surface area contributed by atoms with Crippen LogP contribution in [0.3, 0.4) is 0 Å². The molecule has 0 aliphatic heterocycles. The van der Waals surface area contributed by atoms with Gasteiger partial charge in [-0.05, 0) is 25.1 Å². The van der Waals surface area contributed by atoms with Crippen LogP contribution in [0.2, 0.25) is 5.02 Å². The number of nitrogens with zero attached hydrogens (tertiary/aromatic N) is 3. The number of carbonyl (C=O) groups is 2. The van der Waals surface area contributed by atoms with E-state index in [9.17, 15) is 9.59 Å². The van der Waals surface area contributed by atoms with Crippen molar-refractivity contribution in [2.24, 2.45) is 0 Å². The van der Waals surface area contributed by atoms with Gasteiger partial charge in [-0.2, -0.15) is 5.10 Å². The van der Waals surface area contributed by atoms with Crippen molar-refractivity contribution < 1.29 is 9.59 Å². The summed E-state index contributed by atoms with van der Waals surface area (Å²) in [7, 11) is 0. The molecular formula is C16H16ClN5O2S. The molecule has 1 aromatic carbocycles. The highest BCUT2D eigenvalue weighted by Crippen LogP contribution is 2.23. The predicted molar refractivity (Wildman–Crippen MR) is 97.1 cm³/mol. The molecule has 1 atom stereocenters. The lowest BCUT2D eigenvalue weighted by Gasteiger charge is -2.15. The summed E-state index contributed by atoms with van der Waals surface area (Å²) < 4.78 is 1.66. The molecule has 3 aromatic rings. The maximum Gasteiger partial charge on any atom is 0.253 e. The quantitative estimate of drug-likeness (QED) is 0.714. The highest BCUT2D eigenvalue weighted by atomic mass is 35.5. The molecule has 0 radical (unpaired) electrons. The van der Waals surface area contributed by atoms with Crippen molar-refractivity contribution in [3.63, 3.8) is 0 Å². The third kappa shape index (κ3) is 3.80. The molecule has 0 spiro atoms. The Morgan fingerprint density at radius 3 is 2.92 bits per heavy atom. The van der Waals surface area contributed by atoms with Crippen LogP contribution in [0.15, 0.2) is 29.9 Å². The number of aromatic nitrogens is 3. The molecule has 2 N–H and O–H groups in total. The van der Waals surface area contributed by atoms with Gasteiger partial charge in [0.1, 0.15) is 5.51 Å². The normalized spacial score (nSPS) is 12.1. The molecule has 9 heteroatoms. The summed E-state index contributed by atoms with van der Waals surface area (Å²) in [5, 5.41) is 10.1. The van der Waals surface area contributed by atoms with Crippen LogP contribution < -0.4 is 10.6 Å². The highest BCUT2D eigenvalue weighted by Gasteiger charge is 2.18. The Labute approximate surface area is 153 Å². The van der Waals surface area contributed by atoms with Crippen molar-refractivity contribution in [1.82, 2.24) is 19.9 Å². The van der Waals surface area contributed by atoms with Crippen LogP contribution in [-0.4, -0.2) is 26.4 Å². The van der Waals surface area contributed by atoms with Gasteiger partial charge in [0, 0.05) is 11.4 Å². The summed E-state index contributed by atoms with van der Waals surface area (Å²) in [5.74, 6) is -0.510. The van der Waals surface area contributed by atoms with Gasteiger partial charge in [-0.1, -0.05) is 29.9 Å². The van der Waals surface area contributed by atoms with Crippen molar-refractivity contribution in [3.05, 3.63) is 46.2 Å². The minimum Gasteiger partial charge on any atom is -0.344 e. The second kappa shape index (κ2) is 7.20. The van der Waals surface area contributed by atoms with Crippen molar-refractivity contribution in [3.8, 4) is 0 Å². The Morgan fingerprint density at radius 1 is 1.40 bits per heavy atom. The zero-order chi connectivity index (χ0) is 18.0. The van der Waals surface area contributed by atoms with E-state index in [1.54, 1.807) is 41.3 Å². The fraction of sp³-hybridized carbons (Fsp3) is 0.250. The minimum absolute atomic E-state index is 0.190. The number of hydrogen-bond acceptors (Lipinski definition) is 5. The minimum atomic E-state index is -0.320. The van der Waals surface area contributed by atoms with Gasteiger partial charge >= 0.3 is 0 Å². The third-order valence-electron chi connectivity index (χ3n) is 3.62. The van der Waals surface area contributed by atoms with Gasteiger partial charge in [0.25, 0.3) is 5.91 Å². The molecule has 25 heavy (non-hydrogen) atoms. The van der Waals surface area contributed by atoms with E-state index in [1.165, 1.54) is 11.3 Å². The van der Waals surface area contributed by atoms with Gasteiger partial charge in [-0.3, -0.25) is 9.59 Å². The van der Waals surface area contributed by atoms with Gasteiger partial charge in [-0.25, -0.2) is 9.50 Å². The maximum absolute atomic E-state index is 12.6. The van der Waals surface area contributed by atoms with Crippen molar-refractivity contribution >= 4 is 45.4 Å². The summed E-state index contributed by atoms with van der Waals surface area (Å²) in [6.07, 6.45) is 2.08. The Morgan fingerprint density at radius 2 is 2.20 bits per heavy atom. The number of fused-ring (bicyclic) bond motifs is 1. The number of carbonyl (C=O) groups excluding carboxylic acids is 2. The SMILES string of the molecule is CCC(=O)Nc1cc(Cl)ccc1C(=O)N[C@@H](C)c1cn2ncsc2n1. The fourth-order valence-corrected chi connectivity index (χ4v) is 3.05. The van der Waals surface area contributed by atoms with E-state index in [2.05, 4.69) is 20.7 Å². The smallest absolute Gasteiger partial charge is 0.253 e. The molecular weight excluding hydrogens is 362 g/mol. The molecule has 0 bridgehead atoms. The Bertz CT molecular complexity index is 907. The number of amides is 2. The first-order valence-corrected chi connectivity index (χ1v) is 8.92. The highest BCUT2D eigenvalue weighted by molar-refractivity contribution is 7.14. The zero-order valence-electron chi connectivity index (χ0n) is 13.6. The summed E-state index contributed by atoms with van der Waals surface area (Å²) in [4.78, 5) is 29.5. The summed E-state index contributed by atoms with van der Waals surface area (Å²) in [6, 6.07) is 4.44. The molecule has 0 aliphatic rings. The van der Waals surface area contributed by atoms with Gasteiger partial charge in [0.05, 0.1) is 29.2 Å². The molecule has 0 unspecified atom stereocenters. The maximum atomic E-state index is 12.6. The van der Waals surface area contributed by atoms with Crippen LogP contribution in [0.1, 0.15) is 42.4 Å². The van der Waals surface area contributed by atoms with Crippen LogP contribution in [-0.2, 0) is 4.79 Å². The van der Waals surface area contributed by atoms with Crippen molar-refractivity contribution in [1.29, 1.82) is 0 Å². The Hall–Kier alpha value is -2.45. The first-order valence-electron chi connectivity index (χ1n) is 7.67. The molecule has 2 heterocycles. The van der Waals surface area contributed by atoms with Crippen molar-refractivity contribution in [2.45, 2.75) is 26.3 Å². The fourth-order valence-electron chi connectivity index (χ4n) is 2.27. The number of imidazole rings is 1. The molecule has 7 nitrogen and oxygen atoms in total. The number of benzene rings is 1. The van der Waals surface area contributed by atoms with Crippen LogP contribution in [0.5, 0.6) is 0 Å². The van der Waals surface area contributed by atoms with Crippen LogP contribution in [0.25, 0.3) is 4.96 Å². The van der Waals surface area contributed by atoms with Crippen molar-refractivity contribution in [2.75, 3.05) is 5.32 Å². The summed E-state index contributed by atoms with van der Waals surface area (Å²) in [5.41, 5.74) is 3.14. The molecule has 130 valence electrons. The van der Waals surface area contributed by atoms with Crippen LogP contribution in [0.4, 0.5) is 5.69 Å². The standard InChI is InChI=1S/C16H16ClN5O2S/c1-3-14(23)20-12-6-10(17)4-5-11(12)15(24)19-9(2)13-7-22-16(21-13)25-8-18-22/h4-9H,3H2,1-2H3,(H,19,24)(H,20,23)/t9-/m0/s1. The lowest BCUT2D eigenvalue weighted by molar-refractivity contribution is -0.115. The monoisotopic (exact) mass is 377 g/mol. The first-order chi connectivity index (χ1) is 12.0. The van der Waals surface area contributed by atoms with E-state index in [0.29, 0.717) is 28.4 Å². The molecule has 0 saturated carbocycles.